The number of thiazole rings is 1. The van der Waals surface area contributed by atoms with Gasteiger partial charge in [-0.15, -0.1) is 11.3 Å². The third-order valence-corrected chi connectivity index (χ3v) is 4.87. The van der Waals surface area contributed by atoms with Crippen LogP contribution in [0.5, 0.6) is 0 Å². The van der Waals surface area contributed by atoms with Gasteiger partial charge in [-0.25, -0.2) is 9.97 Å². The smallest absolute Gasteiger partial charge is 0.252 e. The van der Waals surface area contributed by atoms with Gasteiger partial charge in [0.05, 0.1) is 10.2 Å². The minimum atomic E-state index is -0.118. The Labute approximate surface area is 147 Å². The molecule has 4 aromatic heterocycles. The fourth-order valence-corrected chi connectivity index (χ4v) is 3.45. The summed E-state index contributed by atoms with van der Waals surface area (Å²) >= 11 is 1.56. The van der Waals surface area contributed by atoms with Gasteiger partial charge in [0.2, 0.25) is 0 Å². The first-order valence-corrected chi connectivity index (χ1v) is 8.57. The highest BCUT2D eigenvalue weighted by Gasteiger charge is 2.11. The lowest BCUT2D eigenvalue weighted by molar-refractivity contribution is 1.17. The van der Waals surface area contributed by atoms with E-state index >= 15 is 0 Å². The summed E-state index contributed by atoms with van der Waals surface area (Å²) in [6.07, 6.45) is 3.55. The molecular formula is C18H15N5OS. The standard InChI is InChI=1S/C18H15N5OS/c1-10-4-3-7-19-16(10)18-21-12-8-15(20-9-13(12)25-18)22-14-6-5-11(2)17(24)23-14/h3-9H,1-2H3,(H2,20,22,23,24). The lowest BCUT2D eigenvalue weighted by Crippen LogP contribution is -2.10. The number of nitrogens with zero attached hydrogens (tertiary/aromatic N) is 3. The van der Waals surface area contributed by atoms with Gasteiger partial charge in [0.1, 0.15) is 22.3 Å². The van der Waals surface area contributed by atoms with Crippen LogP contribution < -0.4 is 10.9 Å². The maximum absolute atomic E-state index is 11.7. The molecule has 4 rings (SSSR count). The third kappa shape index (κ3) is 3.01. The number of hydrogen-bond donors (Lipinski definition) is 2. The first kappa shape index (κ1) is 15.5. The molecule has 0 saturated heterocycles. The van der Waals surface area contributed by atoms with Crippen LogP contribution in [0.1, 0.15) is 11.1 Å². The fraction of sp³-hybridized carbons (Fsp3) is 0.111. The average molecular weight is 349 g/mol. The molecule has 4 heterocycles. The van der Waals surface area contributed by atoms with E-state index in [0.717, 1.165) is 26.5 Å². The van der Waals surface area contributed by atoms with E-state index in [1.807, 2.05) is 31.2 Å². The van der Waals surface area contributed by atoms with Crippen molar-refractivity contribution in [3.05, 3.63) is 64.2 Å². The number of nitrogens with one attached hydrogen (secondary N) is 2. The molecule has 7 heteroatoms. The van der Waals surface area contributed by atoms with Crippen molar-refractivity contribution in [3.63, 3.8) is 0 Å². The van der Waals surface area contributed by atoms with E-state index in [9.17, 15) is 4.79 Å². The molecule has 0 saturated carbocycles. The number of hydrogen-bond acceptors (Lipinski definition) is 6. The lowest BCUT2D eigenvalue weighted by atomic mass is 10.2. The highest BCUT2D eigenvalue weighted by Crippen LogP contribution is 2.31. The van der Waals surface area contributed by atoms with E-state index in [1.54, 1.807) is 36.7 Å². The molecule has 0 aliphatic rings. The van der Waals surface area contributed by atoms with Crippen LogP contribution in [-0.4, -0.2) is 19.9 Å². The number of rotatable bonds is 3. The molecule has 6 nitrogen and oxygen atoms in total. The van der Waals surface area contributed by atoms with Crippen molar-refractivity contribution < 1.29 is 0 Å². The van der Waals surface area contributed by atoms with Crippen molar-refractivity contribution in [3.8, 4) is 10.7 Å². The number of H-pyrrole nitrogens is 1. The maximum Gasteiger partial charge on any atom is 0.252 e. The molecule has 0 atom stereocenters. The average Bonchev–Trinajstić information content (AvgIpc) is 3.01. The molecule has 25 heavy (non-hydrogen) atoms. The number of aryl methyl sites for hydroxylation is 2. The first-order valence-electron chi connectivity index (χ1n) is 7.76. The van der Waals surface area contributed by atoms with E-state index in [2.05, 4.69) is 25.3 Å². The highest BCUT2D eigenvalue weighted by atomic mass is 32.1. The first-order chi connectivity index (χ1) is 12.1. The SMILES string of the molecule is Cc1cccnc1-c1nc2cc(Nc3ccc(C)c(=O)[nH]3)ncc2s1. The van der Waals surface area contributed by atoms with E-state index in [0.29, 0.717) is 17.2 Å². The second kappa shape index (κ2) is 6.10. The van der Waals surface area contributed by atoms with Gasteiger partial charge >= 0.3 is 0 Å². The monoisotopic (exact) mass is 349 g/mol. The van der Waals surface area contributed by atoms with E-state index in [-0.39, 0.29) is 5.56 Å². The molecule has 0 aliphatic heterocycles. The lowest BCUT2D eigenvalue weighted by Gasteiger charge is -2.05. The molecule has 0 unspecified atom stereocenters. The number of anilines is 2. The van der Waals surface area contributed by atoms with Gasteiger partial charge < -0.3 is 10.3 Å². The van der Waals surface area contributed by atoms with Crippen LogP contribution in [0, 0.1) is 13.8 Å². The van der Waals surface area contributed by atoms with Crippen molar-refractivity contribution in [2.24, 2.45) is 0 Å². The third-order valence-electron chi connectivity index (χ3n) is 3.86. The van der Waals surface area contributed by atoms with Gasteiger partial charge in [-0.3, -0.25) is 9.78 Å². The number of aromatic amines is 1. The Hall–Kier alpha value is -3.06. The summed E-state index contributed by atoms with van der Waals surface area (Å²) in [4.78, 5) is 28.0. The largest absolute Gasteiger partial charge is 0.326 e. The minimum absolute atomic E-state index is 0.118. The summed E-state index contributed by atoms with van der Waals surface area (Å²) in [5.41, 5.74) is 3.37. The predicted molar refractivity (Wildman–Crippen MR) is 100 cm³/mol. The minimum Gasteiger partial charge on any atom is -0.326 e. The molecule has 0 aliphatic carbocycles. The molecule has 124 valence electrons. The van der Waals surface area contributed by atoms with Gasteiger partial charge in [-0.05, 0) is 31.5 Å². The zero-order valence-electron chi connectivity index (χ0n) is 13.7. The molecule has 4 aromatic rings. The predicted octanol–water partition coefficient (Wildman–Crippen LogP) is 3.80. The van der Waals surface area contributed by atoms with Gasteiger partial charge in [-0.2, -0.15) is 0 Å². The van der Waals surface area contributed by atoms with E-state index in [1.165, 1.54) is 0 Å². The summed E-state index contributed by atoms with van der Waals surface area (Å²) in [7, 11) is 0. The van der Waals surface area contributed by atoms with Crippen molar-refractivity contribution in [2.45, 2.75) is 13.8 Å². The molecular weight excluding hydrogens is 334 g/mol. The Morgan fingerprint density at radius 2 is 2.00 bits per heavy atom. The van der Waals surface area contributed by atoms with Crippen molar-refractivity contribution in [2.75, 3.05) is 5.32 Å². The van der Waals surface area contributed by atoms with Crippen LogP contribution in [0.2, 0.25) is 0 Å². The van der Waals surface area contributed by atoms with Gasteiger partial charge in [0, 0.05) is 24.0 Å². The van der Waals surface area contributed by atoms with Gasteiger partial charge in [0.25, 0.3) is 5.56 Å². The van der Waals surface area contributed by atoms with Crippen LogP contribution in [0.25, 0.3) is 20.9 Å². The van der Waals surface area contributed by atoms with Crippen molar-refractivity contribution >= 4 is 33.2 Å². The second-order valence-corrected chi connectivity index (χ2v) is 6.76. The van der Waals surface area contributed by atoms with E-state index < -0.39 is 0 Å². The molecule has 0 bridgehead atoms. The van der Waals surface area contributed by atoms with Crippen LogP contribution in [-0.2, 0) is 0 Å². The van der Waals surface area contributed by atoms with Crippen LogP contribution in [0.4, 0.5) is 11.6 Å². The summed E-state index contributed by atoms with van der Waals surface area (Å²) in [6, 6.07) is 9.38. The van der Waals surface area contributed by atoms with Crippen molar-refractivity contribution in [1.82, 2.24) is 19.9 Å². The Bertz CT molecular complexity index is 1130. The van der Waals surface area contributed by atoms with Crippen molar-refractivity contribution in [1.29, 1.82) is 0 Å². The van der Waals surface area contributed by atoms with Gasteiger partial charge in [-0.1, -0.05) is 12.1 Å². The molecule has 0 fully saturated rings. The normalized spacial score (nSPS) is 11.0. The molecule has 0 spiro atoms. The summed E-state index contributed by atoms with van der Waals surface area (Å²) in [6.45, 7) is 3.79. The zero-order chi connectivity index (χ0) is 17.4. The molecule has 0 amide bonds. The fourth-order valence-electron chi connectivity index (χ4n) is 2.47. The Kier molecular flexibility index (Phi) is 3.77. The summed E-state index contributed by atoms with van der Waals surface area (Å²) < 4.78 is 0.989. The zero-order valence-corrected chi connectivity index (χ0v) is 14.5. The Balaban J connectivity index is 1.69. The molecule has 2 N–H and O–H groups in total. The van der Waals surface area contributed by atoms with Crippen LogP contribution in [0.3, 0.4) is 0 Å². The molecule has 0 radical (unpaired) electrons. The second-order valence-electron chi connectivity index (χ2n) is 5.73. The maximum atomic E-state index is 11.7. The van der Waals surface area contributed by atoms with Crippen LogP contribution >= 0.6 is 11.3 Å². The number of pyridine rings is 3. The van der Waals surface area contributed by atoms with Crippen LogP contribution in [0.15, 0.2) is 47.5 Å². The van der Waals surface area contributed by atoms with E-state index in [4.69, 9.17) is 0 Å². The topological polar surface area (TPSA) is 83.6 Å². The Morgan fingerprint density at radius 1 is 1.12 bits per heavy atom. The quantitative estimate of drug-likeness (QED) is 0.588. The van der Waals surface area contributed by atoms with Gasteiger partial charge in [0.15, 0.2) is 0 Å². The number of aromatic nitrogens is 4. The highest BCUT2D eigenvalue weighted by molar-refractivity contribution is 7.21. The summed E-state index contributed by atoms with van der Waals surface area (Å²) in [5, 5.41) is 3.98. The summed E-state index contributed by atoms with van der Waals surface area (Å²) in [5.74, 6) is 1.22. The Morgan fingerprint density at radius 3 is 2.80 bits per heavy atom. The molecule has 0 aromatic carbocycles. The number of fused-ring (bicyclic) bond motifs is 1.